The second-order valence-electron chi connectivity index (χ2n) is 5.42. The van der Waals surface area contributed by atoms with Crippen LogP contribution in [0.15, 0.2) is 24.3 Å². The number of esters is 1. The van der Waals surface area contributed by atoms with E-state index < -0.39 is 0 Å². The lowest BCUT2D eigenvalue weighted by molar-refractivity contribution is -0.00754. The highest BCUT2D eigenvalue weighted by Crippen LogP contribution is 2.22. The first kappa shape index (κ1) is 15.0. The normalized spacial score (nSPS) is 23.6. The Labute approximate surface area is 120 Å². The zero-order chi connectivity index (χ0) is 14.5. The molecule has 20 heavy (non-hydrogen) atoms. The van der Waals surface area contributed by atoms with Crippen LogP contribution in [0.2, 0.25) is 0 Å². The van der Waals surface area contributed by atoms with Gasteiger partial charge in [0.1, 0.15) is 0 Å². The molecule has 1 saturated heterocycles. The minimum Gasteiger partial charge on any atom is -0.465 e. The van der Waals surface area contributed by atoms with Crippen LogP contribution in [0.25, 0.3) is 0 Å². The Kier molecular flexibility index (Phi) is 5.15. The third-order valence-corrected chi connectivity index (χ3v) is 4.09. The molecule has 4 nitrogen and oxygen atoms in total. The number of nitrogens with zero attached hydrogens (tertiary/aromatic N) is 1. The lowest BCUT2D eigenvalue weighted by Gasteiger charge is -2.36. The standard InChI is InChI=1S/C16H23NO3/c1-12-8-9-17(11-15(12)19-2)10-13-6-4-5-7-14(13)16(18)20-3/h4-7,12,15H,8-11H2,1-3H3. The lowest BCUT2D eigenvalue weighted by Crippen LogP contribution is -2.43. The molecule has 0 radical (unpaired) electrons. The van der Waals surface area contributed by atoms with Crippen molar-refractivity contribution < 1.29 is 14.3 Å². The van der Waals surface area contributed by atoms with Crippen LogP contribution >= 0.6 is 0 Å². The highest BCUT2D eigenvalue weighted by molar-refractivity contribution is 5.90. The van der Waals surface area contributed by atoms with E-state index in [1.807, 2.05) is 24.3 Å². The van der Waals surface area contributed by atoms with E-state index in [4.69, 9.17) is 9.47 Å². The molecule has 1 heterocycles. The van der Waals surface area contributed by atoms with Crippen molar-refractivity contribution in [3.63, 3.8) is 0 Å². The van der Waals surface area contributed by atoms with Crippen LogP contribution in [-0.2, 0) is 16.0 Å². The molecule has 1 fully saturated rings. The van der Waals surface area contributed by atoms with Crippen LogP contribution in [0.3, 0.4) is 0 Å². The second-order valence-corrected chi connectivity index (χ2v) is 5.42. The number of likely N-dealkylation sites (tertiary alicyclic amines) is 1. The van der Waals surface area contributed by atoms with Crippen LogP contribution in [-0.4, -0.2) is 44.3 Å². The van der Waals surface area contributed by atoms with Gasteiger partial charge in [0.05, 0.1) is 18.8 Å². The number of carbonyl (C=O) groups is 1. The average Bonchev–Trinajstić information content (AvgIpc) is 2.49. The van der Waals surface area contributed by atoms with Gasteiger partial charge in [0.2, 0.25) is 0 Å². The van der Waals surface area contributed by atoms with Gasteiger partial charge in [0.15, 0.2) is 0 Å². The number of carbonyl (C=O) groups excluding carboxylic acids is 1. The fraction of sp³-hybridized carbons (Fsp3) is 0.562. The molecule has 1 aliphatic heterocycles. The van der Waals surface area contributed by atoms with E-state index in [1.54, 1.807) is 7.11 Å². The largest absolute Gasteiger partial charge is 0.465 e. The van der Waals surface area contributed by atoms with E-state index in [0.717, 1.165) is 31.6 Å². The van der Waals surface area contributed by atoms with Gasteiger partial charge in [-0.3, -0.25) is 4.90 Å². The summed E-state index contributed by atoms with van der Waals surface area (Å²) in [5.41, 5.74) is 1.67. The molecule has 4 heteroatoms. The Morgan fingerprint density at radius 3 is 2.80 bits per heavy atom. The minimum absolute atomic E-state index is 0.269. The van der Waals surface area contributed by atoms with Crippen molar-refractivity contribution in [3.8, 4) is 0 Å². The smallest absolute Gasteiger partial charge is 0.338 e. The molecular formula is C16H23NO3. The van der Waals surface area contributed by atoms with Crippen molar-refractivity contribution >= 4 is 5.97 Å². The van der Waals surface area contributed by atoms with Crippen molar-refractivity contribution in [1.29, 1.82) is 0 Å². The predicted molar refractivity (Wildman–Crippen MR) is 77.6 cm³/mol. The molecule has 2 rings (SSSR count). The van der Waals surface area contributed by atoms with Crippen LogP contribution in [0.5, 0.6) is 0 Å². The van der Waals surface area contributed by atoms with Gasteiger partial charge in [0, 0.05) is 20.2 Å². The lowest BCUT2D eigenvalue weighted by atomic mass is 9.95. The Hall–Kier alpha value is -1.39. The Balaban J connectivity index is 2.08. The quantitative estimate of drug-likeness (QED) is 0.792. The Morgan fingerprint density at radius 2 is 2.10 bits per heavy atom. The first-order chi connectivity index (χ1) is 9.65. The van der Waals surface area contributed by atoms with E-state index in [9.17, 15) is 4.79 Å². The molecule has 1 aromatic rings. The van der Waals surface area contributed by atoms with Gasteiger partial charge < -0.3 is 9.47 Å². The zero-order valence-corrected chi connectivity index (χ0v) is 12.5. The first-order valence-electron chi connectivity index (χ1n) is 7.07. The average molecular weight is 277 g/mol. The summed E-state index contributed by atoms with van der Waals surface area (Å²) in [5, 5.41) is 0. The van der Waals surface area contributed by atoms with Crippen LogP contribution in [0, 0.1) is 5.92 Å². The highest BCUT2D eigenvalue weighted by Gasteiger charge is 2.26. The van der Waals surface area contributed by atoms with E-state index in [1.165, 1.54) is 7.11 Å². The molecular weight excluding hydrogens is 254 g/mol. The summed E-state index contributed by atoms with van der Waals surface area (Å²) in [4.78, 5) is 14.1. The topological polar surface area (TPSA) is 38.8 Å². The number of methoxy groups -OCH3 is 2. The predicted octanol–water partition coefficient (Wildman–Crippen LogP) is 2.33. The Bertz CT molecular complexity index is 461. The molecule has 0 aromatic heterocycles. The maximum Gasteiger partial charge on any atom is 0.338 e. The molecule has 0 bridgehead atoms. The van der Waals surface area contributed by atoms with E-state index in [2.05, 4.69) is 11.8 Å². The van der Waals surface area contributed by atoms with Gasteiger partial charge in [-0.05, 0) is 30.5 Å². The summed E-state index contributed by atoms with van der Waals surface area (Å²) in [5.74, 6) is 0.321. The van der Waals surface area contributed by atoms with Gasteiger partial charge in [-0.1, -0.05) is 25.1 Å². The van der Waals surface area contributed by atoms with Crippen molar-refractivity contribution in [2.45, 2.75) is 26.0 Å². The fourth-order valence-electron chi connectivity index (χ4n) is 2.76. The summed E-state index contributed by atoms with van der Waals surface area (Å²) in [6.07, 6.45) is 1.40. The van der Waals surface area contributed by atoms with Crippen LogP contribution in [0.4, 0.5) is 0 Å². The molecule has 1 aromatic carbocycles. The molecule has 1 aliphatic rings. The zero-order valence-electron chi connectivity index (χ0n) is 12.5. The molecule has 2 unspecified atom stereocenters. The van der Waals surface area contributed by atoms with Crippen molar-refractivity contribution in [3.05, 3.63) is 35.4 Å². The van der Waals surface area contributed by atoms with Crippen LogP contribution < -0.4 is 0 Å². The molecule has 0 aliphatic carbocycles. The van der Waals surface area contributed by atoms with Gasteiger partial charge in [-0.25, -0.2) is 4.79 Å². The third-order valence-electron chi connectivity index (χ3n) is 4.09. The summed E-state index contributed by atoms with van der Waals surface area (Å²) >= 11 is 0. The van der Waals surface area contributed by atoms with Gasteiger partial charge in [-0.2, -0.15) is 0 Å². The monoisotopic (exact) mass is 277 g/mol. The number of hydrogen-bond acceptors (Lipinski definition) is 4. The maximum absolute atomic E-state index is 11.8. The number of rotatable bonds is 4. The number of piperidine rings is 1. The van der Waals surface area contributed by atoms with E-state index in [0.29, 0.717) is 11.5 Å². The SMILES string of the molecule is COC(=O)c1ccccc1CN1CCC(C)C(OC)C1. The summed E-state index contributed by atoms with van der Waals surface area (Å²) in [6.45, 7) is 4.94. The Morgan fingerprint density at radius 1 is 1.35 bits per heavy atom. The van der Waals surface area contributed by atoms with Crippen molar-refractivity contribution in [2.24, 2.45) is 5.92 Å². The highest BCUT2D eigenvalue weighted by atomic mass is 16.5. The summed E-state index contributed by atoms with van der Waals surface area (Å²) < 4.78 is 10.4. The molecule has 110 valence electrons. The maximum atomic E-state index is 11.8. The van der Waals surface area contributed by atoms with E-state index in [-0.39, 0.29) is 12.1 Å². The molecule has 0 saturated carbocycles. The number of ether oxygens (including phenoxy) is 2. The van der Waals surface area contributed by atoms with E-state index >= 15 is 0 Å². The van der Waals surface area contributed by atoms with Crippen molar-refractivity contribution in [1.82, 2.24) is 4.90 Å². The third kappa shape index (κ3) is 3.38. The second kappa shape index (κ2) is 6.86. The number of hydrogen-bond donors (Lipinski definition) is 0. The van der Waals surface area contributed by atoms with Gasteiger partial charge in [0.25, 0.3) is 0 Å². The van der Waals surface area contributed by atoms with Crippen LogP contribution in [0.1, 0.15) is 29.3 Å². The minimum atomic E-state index is -0.269. The summed E-state index contributed by atoms with van der Waals surface area (Å²) in [7, 11) is 3.19. The molecule has 0 amide bonds. The van der Waals surface area contributed by atoms with Crippen molar-refractivity contribution in [2.75, 3.05) is 27.3 Å². The van der Waals surface area contributed by atoms with Gasteiger partial charge in [-0.15, -0.1) is 0 Å². The summed E-state index contributed by atoms with van der Waals surface area (Å²) in [6, 6.07) is 7.64. The fourth-order valence-corrected chi connectivity index (χ4v) is 2.76. The molecule has 0 spiro atoms. The molecule has 0 N–H and O–H groups in total. The number of benzene rings is 1. The van der Waals surface area contributed by atoms with Gasteiger partial charge >= 0.3 is 5.97 Å². The first-order valence-corrected chi connectivity index (χ1v) is 7.07. The molecule has 2 atom stereocenters.